The van der Waals surface area contributed by atoms with Crippen LogP contribution in [0.4, 0.5) is 33.2 Å². The number of ether oxygens (including phenoxy) is 2. The monoisotopic (exact) mass is 590 g/mol. The summed E-state index contributed by atoms with van der Waals surface area (Å²) < 4.78 is 26.2. The van der Waals surface area contributed by atoms with Crippen molar-refractivity contribution in [1.29, 1.82) is 0 Å². The topological polar surface area (TPSA) is 150 Å². The Morgan fingerprint density at radius 2 is 1.79 bits per heavy atom. The predicted molar refractivity (Wildman–Crippen MR) is 155 cm³/mol. The fourth-order valence-corrected chi connectivity index (χ4v) is 5.22. The van der Waals surface area contributed by atoms with E-state index >= 15 is 0 Å². The summed E-state index contributed by atoms with van der Waals surface area (Å²) in [5.41, 5.74) is 1.42. The summed E-state index contributed by atoms with van der Waals surface area (Å²) in [6, 6.07) is 8.50. The number of hydrogen-bond acceptors (Lipinski definition) is 10. The number of hydrogen-bond donors (Lipinski definition) is 4. The van der Waals surface area contributed by atoms with Crippen LogP contribution in [0.15, 0.2) is 36.5 Å². The number of halogens is 1. The minimum Gasteiger partial charge on any atom is -0.495 e. The third-order valence-electron chi connectivity index (χ3n) is 7.67. The molecule has 9 bridgehead atoms. The Kier molecular flexibility index (Phi) is 7.22. The molecule has 2 aromatic carbocycles. The first kappa shape index (κ1) is 28.2. The molecule has 224 valence electrons. The van der Waals surface area contributed by atoms with Crippen LogP contribution in [0.25, 0.3) is 0 Å². The molecular weight excluding hydrogens is 559 g/mol. The van der Waals surface area contributed by atoms with E-state index in [1.807, 2.05) is 24.1 Å². The molecule has 5 aliphatic heterocycles. The van der Waals surface area contributed by atoms with Gasteiger partial charge >= 0.3 is 0 Å². The maximum atomic E-state index is 14.8. The van der Waals surface area contributed by atoms with Gasteiger partial charge in [0, 0.05) is 31.9 Å². The van der Waals surface area contributed by atoms with E-state index in [0.717, 1.165) is 17.3 Å². The summed E-state index contributed by atoms with van der Waals surface area (Å²) in [6.07, 6.45) is 1.59. The average Bonchev–Trinajstić information content (AvgIpc) is 3.40. The smallest absolute Gasteiger partial charge is 0.278 e. The van der Waals surface area contributed by atoms with E-state index < -0.39 is 23.2 Å². The van der Waals surface area contributed by atoms with Crippen LogP contribution >= 0.6 is 0 Å². The van der Waals surface area contributed by atoms with Gasteiger partial charge in [-0.3, -0.25) is 19.3 Å². The summed E-state index contributed by atoms with van der Waals surface area (Å²) >= 11 is 0. The third kappa shape index (κ3) is 5.48. The summed E-state index contributed by atoms with van der Waals surface area (Å²) in [4.78, 5) is 51.1. The highest BCUT2D eigenvalue weighted by Gasteiger charge is 2.47. The normalized spacial score (nSPS) is 20.6. The molecule has 43 heavy (non-hydrogen) atoms. The number of likely N-dealkylation sites (N-methyl/N-ethyl adjacent to an activating group) is 1. The molecule has 4 N–H and O–H groups in total. The number of carbonyl (C=O) groups excluding carboxylic acids is 3. The number of rotatable bonds is 1. The second-order valence-corrected chi connectivity index (χ2v) is 10.9. The third-order valence-corrected chi connectivity index (χ3v) is 7.67. The van der Waals surface area contributed by atoms with Crippen LogP contribution in [-0.2, 0) is 27.5 Å². The van der Waals surface area contributed by atoms with Gasteiger partial charge in [-0.05, 0) is 61.9 Å². The zero-order chi connectivity index (χ0) is 30.3. The quantitative estimate of drug-likeness (QED) is 0.312. The number of fused-ring (bicyclic) bond motifs is 2. The van der Waals surface area contributed by atoms with Crippen molar-refractivity contribution >= 4 is 46.5 Å². The highest BCUT2D eigenvalue weighted by atomic mass is 19.1. The summed E-state index contributed by atoms with van der Waals surface area (Å²) in [7, 11) is 3.38. The van der Waals surface area contributed by atoms with Crippen molar-refractivity contribution in [1.82, 2.24) is 25.1 Å². The SMILES string of the molecule is COc1cc2c3cc1Nc1ncc(F)c(n1)Nc1ccc4c(c1)NC(=O)C(C)(O4)C(=O)NCCCN(C)CC(=O)N(C3)C2. The molecule has 0 radical (unpaired) electrons. The minimum absolute atomic E-state index is 0.0375. The number of benzene rings is 2. The molecule has 1 atom stereocenters. The second kappa shape index (κ2) is 11.0. The molecule has 0 fully saturated rings. The molecule has 0 saturated heterocycles. The number of methoxy groups -OCH3 is 1. The predicted octanol–water partition coefficient (Wildman–Crippen LogP) is 2.49. The van der Waals surface area contributed by atoms with Crippen molar-refractivity contribution in [3.8, 4) is 11.5 Å². The fraction of sp³-hybridized carbons (Fsp3) is 0.345. The van der Waals surface area contributed by atoms with Crippen LogP contribution in [-0.4, -0.2) is 76.9 Å². The minimum atomic E-state index is -1.79. The summed E-state index contributed by atoms with van der Waals surface area (Å²) in [5.74, 6) is -1.16. The van der Waals surface area contributed by atoms with E-state index in [1.54, 1.807) is 30.2 Å². The molecule has 13 nitrogen and oxygen atoms in total. The highest BCUT2D eigenvalue weighted by Crippen LogP contribution is 2.38. The molecule has 3 aromatic rings. The van der Waals surface area contributed by atoms with Crippen LogP contribution in [0.5, 0.6) is 11.5 Å². The Balaban J connectivity index is 1.34. The zero-order valence-corrected chi connectivity index (χ0v) is 23.9. The standard InChI is InChI=1S/C29H31FN8O5/c1-29-26(40)31-7-4-8-37(2)15-24(39)38-13-16-9-20(23(42-3)10-17(16)14-38)35-28-32-12-19(30)25(36-28)33-18-5-6-22(43-29)21(11-18)34-27(29)41/h5-6,9-12H,4,7-8,13-15H2,1-3H3,(H,31,40)(H,34,41)(H2,32,33,35,36). The van der Waals surface area contributed by atoms with Gasteiger partial charge in [-0.15, -0.1) is 0 Å². The van der Waals surface area contributed by atoms with Crippen LogP contribution in [0.1, 0.15) is 24.5 Å². The number of nitrogens with zero attached hydrogens (tertiary/aromatic N) is 4. The Morgan fingerprint density at radius 3 is 2.58 bits per heavy atom. The van der Waals surface area contributed by atoms with Crippen LogP contribution in [0.2, 0.25) is 0 Å². The number of carbonyl (C=O) groups is 3. The molecule has 8 rings (SSSR count). The van der Waals surface area contributed by atoms with Gasteiger partial charge in [0.05, 0.1) is 31.2 Å². The molecule has 0 saturated carbocycles. The molecule has 14 heteroatoms. The van der Waals surface area contributed by atoms with Gasteiger partial charge in [-0.25, -0.2) is 9.37 Å². The fourth-order valence-electron chi connectivity index (χ4n) is 5.22. The van der Waals surface area contributed by atoms with Crippen molar-refractivity contribution in [3.63, 3.8) is 0 Å². The lowest BCUT2D eigenvalue weighted by atomic mass is 10.0. The molecule has 0 aliphatic carbocycles. The van der Waals surface area contributed by atoms with Gasteiger partial charge in [0.15, 0.2) is 11.6 Å². The number of nitrogens with one attached hydrogen (secondary N) is 4. The Morgan fingerprint density at radius 1 is 1.00 bits per heavy atom. The van der Waals surface area contributed by atoms with Crippen molar-refractivity contribution in [3.05, 3.63) is 53.5 Å². The number of aromatic nitrogens is 2. The van der Waals surface area contributed by atoms with E-state index in [9.17, 15) is 18.8 Å². The second-order valence-electron chi connectivity index (χ2n) is 10.9. The zero-order valence-electron chi connectivity index (χ0n) is 23.9. The summed E-state index contributed by atoms with van der Waals surface area (Å²) in [5, 5.41) is 11.5. The maximum Gasteiger partial charge on any atom is 0.278 e. The molecule has 0 spiro atoms. The van der Waals surface area contributed by atoms with Gasteiger partial charge < -0.3 is 35.6 Å². The Hall–Kier alpha value is -4.98. The largest absolute Gasteiger partial charge is 0.495 e. The Labute approximate surface area is 246 Å². The molecule has 3 amide bonds. The Bertz CT molecular complexity index is 1630. The van der Waals surface area contributed by atoms with Crippen molar-refractivity contribution in [2.24, 2.45) is 0 Å². The highest BCUT2D eigenvalue weighted by molar-refractivity contribution is 6.15. The van der Waals surface area contributed by atoms with E-state index in [0.29, 0.717) is 48.9 Å². The van der Waals surface area contributed by atoms with Gasteiger partial charge in [0.25, 0.3) is 17.4 Å². The molecule has 5 aliphatic rings. The van der Waals surface area contributed by atoms with Gasteiger partial charge in [0.1, 0.15) is 11.5 Å². The van der Waals surface area contributed by atoms with Crippen molar-refractivity contribution < 1.29 is 28.2 Å². The van der Waals surface area contributed by atoms with E-state index in [2.05, 4.69) is 31.2 Å². The number of anilines is 5. The lowest BCUT2D eigenvalue weighted by molar-refractivity contribution is -0.146. The first-order valence-electron chi connectivity index (χ1n) is 13.8. The first-order valence-corrected chi connectivity index (χ1v) is 13.8. The maximum absolute atomic E-state index is 14.8. The van der Waals surface area contributed by atoms with E-state index in [1.165, 1.54) is 6.92 Å². The van der Waals surface area contributed by atoms with Crippen LogP contribution < -0.4 is 30.7 Å². The average molecular weight is 591 g/mol. The van der Waals surface area contributed by atoms with E-state index in [-0.39, 0.29) is 36.5 Å². The van der Waals surface area contributed by atoms with Crippen molar-refractivity contribution in [2.45, 2.75) is 32.0 Å². The summed E-state index contributed by atoms with van der Waals surface area (Å²) in [6.45, 7) is 3.31. The first-order chi connectivity index (χ1) is 20.6. The van der Waals surface area contributed by atoms with Gasteiger partial charge in [-0.2, -0.15) is 4.98 Å². The van der Waals surface area contributed by atoms with E-state index in [4.69, 9.17) is 9.47 Å². The molecule has 6 heterocycles. The molecule has 1 aromatic heterocycles. The number of amides is 3. The van der Waals surface area contributed by atoms with Crippen molar-refractivity contribution in [2.75, 3.05) is 49.7 Å². The lowest BCUT2D eigenvalue weighted by Crippen LogP contribution is -2.58. The molecular formula is C29H31FN8O5. The van der Waals surface area contributed by atoms with Gasteiger partial charge in [0.2, 0.25) is 11.9 Å². The lowest BCUT2D eigenvalue weighted by Gasteiger charge is -2.33. The van der Waals surface area contributed by atoms with Crippen LogP contribution in [0.3, 0.4) is 0 Å². The molecule has 1 unspecified atom stereocenters. The van der Waals surface area contributed by atoms with Crippen LogP contribution in [0, 0.1) is 5.82 Å². The van der Waals surface area contributed by atoms with Gasteiger partial charge in [-0.1, -0.05) is 0 Å².